The van der Waals surface area contributed by atoms with E-state index in [9.17, 15) is 4.39 Å². The molecular formula is C14H14FN3O2. The number of hydrogen-bond acceptors (Lipinski definition) is 4. The molecule has 0 amide bonds. The zero-order valence-corrected chi connectivity index (χ0v) is 10.9. The average Bonchev–Trinajstić information content (AvgIpc) is 2.46. The van der Waals surface area contributed by atoms with Crippen LogP contribution >= 0.6 is 0 Å². The molecule has 0 aliphatic carbocycles. The molecule has 0 saturated carbocycles. The fourth-order valence-electron chi connectivity index (χ4n) is 1.69. The minimum Gasteiger partial charge on any atom is -0.489 e. The Morgan fingerprint density at radius 3 is 2.90 bits per heavy atom. The predicted octanol–water partition coefficient (Wildman–Crippen LogP) is 2.20. The van der Waals surface area contributed by atoms with Gasteiger partial charge in [0.1, 0.15) is 23.9 Å². The fraction of sp³-hybridized carbons (Fsp3) is 0.143. The molecule has 2 aromatic rings. The molecule has 0 bridgehead atoms. The standard InChI is InChI=1S/C14H14FN3O2/c1-9-6-11(15)2-3-13(9)20-8-10-4-5-17-12(7-10)14(16)18-19/h2-7,19H,8H2,1H3,(H2,16,18). The van der Waals surface area contributed by atoms with Gasteiger partial charge in [-0.05, 0) is 48.4 Å². The quantitative estimate of drug-likeness (QED) is 0.388. The lowest BCUT2D eigenvalue weighted by Crippen LogP contribution is -2.15. The van der Waals surface area contributed by atoms with Crippen molar-refractivity contribution in [3.05, 3.63) is 59.2 Å². The van der Waals surface area contributed by atoms with Crippen molar-refractivity contribution < 1.29 is 14.3 Å². The molecule has 0 fully saturated rings. The summed E-state index contributed by atoms with van der Waals surface area (Å²) in [6.45, 7) is 2.05. The molecule has 0 aliphatic heterocycles. The van der Waals surface area contributed by atoms with Gasteiger partial charge in [-0.2, -0.15) is 0 Å². The first kappa shape index (κ1) is 13.8. The Hall–Kier alpha value is -2.63. The highest BCUT2D eigenvalue weighted by atomic mass is 19.1. The number of pyridine rings is 1. The Morgan fingerprint density at radius 1 is 1.40 bits per heavy atom. The van der Waals surface area contributed by atoms with E-state index in [0.29, 0.717) is 11.4 Å². The van der Waals surface area contributed by atoms with Crippen molar-refractivity contribution in [3.63, 3.8) is 0 Å². The van der Waals surface area contributed by atoms with Crippen LogP contribution in [0.25, 0.3) is 0 Å². The summed E-state index contributed by atoms with van der Waals surface area (Å²) in [5.41, 5.74) is 7.36. The first-order chi connectivity index (χ1) is 9.60. The molecule has 104 valence electrons. The SMILES string of the molecule is Cc1cc(F)ccc1OCc1ccnc(/C(N)=N/O)c1. The summed E-state index contributed by atoms with van der Waals surface area (Å²) >= 11 is 0. The normalized spacial score (nSPS) is 11.4. The van der Waals surface area contributed by atoms with Gasteiger partial charge in [0.2, 0.25) is 0 Å². The molecule has 1 aromatic carbocycles. The number of nitrogens with zero attached hydrogens (tertiary/aromatic N) is 2. The van der Waals surface area contributed by atoms with Gasteiger partial charge >= 0.3 is 0 Å². The van der Waals surface area contributed by atoms with Crippen molar-refractivity contribution in [3.8, 4) is 5.75 Å². The number of ether oxygens (including phenoxy) is 1. The van der Waals surface area contributed by atoms with Crippen LogP contribution < -0.4 is 10.5 Å². The first-order valence-corrected chi connectivity index (χ1v) is 5.92. The third kappa shape index (κ3) is 3.23. The summed E-state index contributed by atoms with van der Waals surface area (Å²) in [4.78, 5) is 3.97. The van der Waals surface area contributed by atoms with Gasteiger partial charge < -0.3 is 15.7 Å². The number of oxime groups is 1. The predicted molar refractivity (Wildman–Crippen MR) is 72.2 cm³/mol. The molecule has 5 nitrogen and oxygen atoms in total. The number of rotatable bonds is 4. The zero-order valence-electron chi connectivity index (χ0n) is 10.9. The summed E-state index contributed by atoms with van der Waals surface area (Å²) in [5, 5.41) is 11.5. The lowest BCUT2D eigenvalue weighted by Gasteiger charge is -2.09. The molecule has 20 heavy (non-hydrogen) atoms. The average molecular weight is 275 g/mol. The summed E-state index contributed by atoms with van der Waals surface area (Å²) in [6, 6.07) is 7.75. The van der Waals surface area contributed by atoms with Crippen LogP contribution in [-0.2, 0) is 6.61 Å². The monoisotopic (exact) mass is 275 g/mol. The van der Waals surface area contributed by atoms with Gasteiger partial charge in [0.15, 0.2) is 5.84 Å². The Bertz CT molecular complexity index is 644. The first-order valence-electron chi connectivity index (χ1n) is 5.92. The van der Waals surface area contributed by atoms with Crippen LogP contribution in [0, 0.1) is 12.7 Å². The smallest absolute Gasteiger partial charge is 0.188 e. The van der Waals surface area contributed by atoms with Gasteiger partial charge in [-0.25, -0.2) is 4.39 Å². The Morgan fingerprint density at radius 2 is 2.20 bits per heavy atom. The fourth-order valence-corrected chi connectivity index (χ4v) is 1.69. The number of nitrogens with two attached hydrogens (primary N) is 1. The molecule has 6 heteroatoms. The van der Waals surface area contributed by atoms with E-state index in [4.69, 9.17) is 15.7 Å². The molecule has 1 heterocycles. The van der Waals surface area contributed by atoms with Gasteiger partial charge in [0.25, 0.3) is 0 Å². The number of benzene rings is 1. The van der Waals surface area contributed by atoms with Gasteiger partial charge in [0.05, 0.1) is 0 Å². The zero-order chi connectivity index (χ0) is 14.5. The van der Waals surface area contributed by atoms with Crippen molar-refractivity contribution in [2.24, 2.45) is 10.9 Å². The van der Waals surface area contributed by atoms with E-state index >= 15 is 0 Å². The van der Waals surface area contributed by atoms with Crippen molar-refractivity contribution >= 4 is 5.84 Å². The number of amidine groups is 1. The highest BCUT2D eigenvalue weighted by Gasteiger charge is 2.05. The second-order valence-electron chi connectivity index (χ2n) is 4.23. The minimum atomic E-state index is -0.298. The minimum absolute atomic E-state index is 0.0650. The summed E-state index contributed by atoms with van der Waals surface area (Å²) in [6.07, 6.45) is 1.55. The van der Waals surface area contributed by atoms with Gasteiger partial charge in [-0.1, -0.05) is 5.16 Å². The number of aryl methyl sites for hydroxylation is 1. The van der Waals surface area contributed by atoms with Crippen molar-refractivity contribution in [1.82, 2.24) is 4.98 Å². The number of hydrogen-bond donors (Lipinski definition) is 2. The Labute approximate surface area is 115 Å². The molecule has 0 aliphatic rings. The lowest BCUT2D eigenvalue weighted by atomic mass is 10.2. The summed E-state index contributed by atoms with van der Waals surface area (Å²) < 4.78 is 18.6. The molecule has 0 atom stereocenters. The molecule has 2 rings (SSSR count). The lowest BCUT2D eigenvalue weighted by molar-refractivity contribution is 0.303. The van der Waals surface area contributed by atoms with Crippen molar-refractivity contribution in [1.29, 1.82) is 0 Å². The van der Waals surface area contributed by atoms with Crippen LogP contribution in [0.5, 0.6) is 5.75 Å². The highest BCUT2D eigenvalue weighted by molar-refractivity contribution is 5.95. The van der Waals surface area contributed by atoms with E-state index in [0.717, 1.165) is 11.1 Å². The van der Waals surface area contributed by atoms with Crippen LogP contribution in [0.15, 0.2) is 41.7 Å². The number of halogens is 1. The largest absolute Gasteiger partial charge is 0.489 e. The van der Waals surface area contributed by atoms with Gasteiger partial charge in [-0.15, -0.1) is 0 Å². The van der Waals surface area contributed by atoms with E-state index in [-0.39, 0.29) is 18.3 Å². The van der Waals surface area contributed by atoms with Crippen LogP contribution in [-0.4, -0.2) is 16.0 Å². The maximum atomic E-state index is 13.0. The van der Waals surface area contributed by atoms with E-state index in [1.54, 1.807) is 31.3 Å². The van der Waals surface area contributed by atoms with Gasteiger partial charge in [-0.3, -0.25) is 4.98 Å². The Balaban J connectivity index is 2.11. The molecule has 0 radical (unpaired) electrons. The van der Waals surface area contributed by atoms with E-state index in [2.05, 4.69) is 10.1 Å². The molecule has 1 aromatic heterocycles. The second-order valence-corrected chi connectivity index (χ2v) is 4.23. The Kier molecular flexibility index (Phi) is 4.14. The summed E-state index contributed by atoms with van der Waals surface area (Å²) in [7, 11) is 0. The van der Waals surface area contributed by atoms with Crippen LogP contribution in [0.3, 0.4) is 0 Å². The molecule has 3 N–H and O–H groups in total. The molecular weight excluding hydrogens is 261 g/mol. The topological polar surface area (TPSA) is 80.7 Å². The van der Waals surface area contributed by atoms with Crippen molar-refractivity contribution in [2.75, 3.05) is 0 Å². The maximum Gasteiger partial charge on any atom is 0.188 e. The highest BCUT2D eigenvalue weighted by Crippen LogP contribution is 2.19. The van der Waals surface area contributed by atoms with Crippen LogP contribution in [0.2, 0.25) is 0 Å². The third-order valence-corrected chi connectivity index (χ3v) is 2.73. The third-order valence-electron chi connectivity index (χ3n) is 2.73. The van der Waals surface area contributed by atoms with E-state index in [1.807, 2.05) is 0 Å². The van der Waals surface area contributed by atoms with Crippen molar-refractivity contribution in [2.45, 2.75) is 13.5 Å². The number of aromatic nitrogens is 1. The van der Waals surface area contributed by atoms with Crippen LogP contribution in [0.4, 0.5) is 4.39 Å². The van der Waals surface area contributed by atoms with Gasteiger partial charge in [0, 0.05) is 6.20 Å². The second kappa shape index (κ2) is 6.01. The molecule has 0 saturated heterocycles. The summed E-state index contributed by atoms with van der Waals surface area (Å²) in [5.74, 6) is 0.242. The van der Waals surface area contributed by atoms with E-state index < -0.39 is 0 Å². The maximum absolute atomic E-state index is 13.0. The van der Waals surface area contributed by atoms with Crippen LogP contribution in [0.1, 0.15) is 16.8 Å². The van der Waals surface area contributed by atoms with E-state index in [1.165, 1.54) is 12.1 Å². The molecule has 0 spiro atoms. The molecule has 0 unspecified atom stereocenters.